The minimum atomic E-state index is -0.423. The topological polar surface area (TPSA) is 80.1 Å². The molecule has 0 radical (unpaired) electrons. The molecular weight excluding hydrogens is 397 g/mol. The second-order valence-corrected chi connectivity index (χ2v) is 8.26. The van der Waals surface area contributed by atoms with Crippen molar-refractivity contribution in [2.45, 2.75) is 19.9 Å². The number of hydrogen-bond acceptors (Lipinski definition) is 4. The molecule has 1 N–H and O–H groups in total. The van der Waals surface area contributed by atoms with Crippen LogP contribution in [0.2, 0.25) is 0 Å². The molecule has 5 rings (SSSR count). The number of likely N-dealkylation sites (tertiary alicyclic amines) is 1. The van der Waals surface area contributed by atoms with Gasteiger partial charge in [0.05, 0.1) is 0 Å². The maximum absolute atomic E-state index is 13.4. The van der Waals surface area contributed by atoms with E-state index in [2.05, 4.69) is 15.5 Å². The van der Waals surface area contributed by atoms with Gasteiger partial charge < -0.3 is 14.8 Å². The van der Waals surface area contributed by atoms with Gasteiger partial charge in [-0.3, -0.25) is 9.59 Å². The van der Waals surface area contributed by atoms with Crippen molar-refractivity contribution in [3.05, 3.63) is 77.1 Å². The molecule has 1 fully saturated rings. The molecule has 1 aromatic heterocycles. The van der Waals surface area contributed by atoms with E-state index < -0.39 is 11.7 Å². The number of amides is 2. The predicted octanol–water partition coefficient (Wildman–Crippen LogP) is 2.92. The molecule has 0 spiro atoms. The molecule has 2 amide bonds. The highest BCUT2D eigenvalue weighted by Gasteiger charge is 2.41. The molecule has 2 aromatic carbocycles. The molecule has 2 unspecified atom stereocenters. The molecule has 2 atom stereocenters. The summed E-state index contributed by atoms with van der Waals surface area (Å²) in [5, 5.41) is 11.0. The lowest BCUT2D eigenvalue weighted by Gasteiger charge is -2.25. The summed E-state index contributed by atoms with van der Waals surface area (Å²) >= 11 is 0. The standard InChI is InChI=1S/C23H22FN5O2/c1-14-5-2-3-8-19(14)23(31)28-11-15-9-20-26-27-21(29(20)13-16(15)12-28)22(30)25-18-7-4-6-17(24)10-18/h2-8,10,15-16H,9,11-13H2,1H3,(H,25,30). The summed E-state index contributed by atoms with van der Waals surface area (Å²) in [6, 6.07) is 13.4. The summed E-state index contributed by atoms with van der Waals surface area (Å²) in [6.45, 7) is 3.84. The summed E-state index contributed by atoms with van der Waals surface area (Å²) in [5.41, 5.74) is 2.07. The second kappa shape index (κ2) is 7.61. The van der Waals surface area contributed by atoms with Gasteiger partial charge in [-0.15, -0.1) is 10.2 Å². The summed E-state index contributed by atoms with van der Waals surface area (Å²) in [4.78, 5) is 27.7. The van der Waals surface area contributed by atoms with Crippen molar-refractivity contribution in [2.24, 2.45) is 11.8 Å². The van der Waals surface area contributed by atoms with E-state index in [1.807, 2.05) is 40.7 Å². The average Bonchev–Trinajstić information content (AvgIpc) is 3.35. The van der Waals surface area contributed by atoms with Gasteiger partial charge in [0.25, 0.3) is 11.8 Å². The normalized spacial score (nSPS) is 19.6. The number of aromatic nitrogens is 3. The first-order valence-electron chi connectivity index (χ1n) is 10.3. The third-order valence-corrected chi connectivity index (χ3v) is 6.21. The van der Waals surface area contributed by atoms with Crippen molar-refractivity contribution in [3.8, 4) is 0 Å². The molecule has 1 saturated heterocycles. The van der Waals surface area contributed by atoms with E-state index in [0.29, 0.717) is 37.7 Å². The van der Waals surface area contributed by atoms with Gasteiger partial charge in [0.1, 0.15) is 11.6 Å². The lowest BCUT2D eigenvalue weighted by atomic mass is 9.89. The number of hydrogen-bond donors (Lipinski definition) is 1. The Hall–Kier alpha value is -3.55. The Labute approximate surface area is 178 Å². The van der Waals surface area contributed by atoms with Crippen LogP contribution >= 0.6 is 0 Å². The van der Waals surface area contributed by atoms with Crippen molar-refractivity contribution in [3.63, 3.8) is 0 Å². The average molecular weight is 419 g/mol. The largest absolute Gasteiger partial charge is 0.338 e. The third-order valence-electron chi connectivity index (χ3n) is 6.21. The minimum absolute atomic E-state index is 0.0485. The zero-order valence-electron chi connectivity index (χ0n) is 17.1. The molecule has 0 aliphatic carbocycles. The fourth-order valence-electron chi connectivity index (χ4n) is 4.59. The van der Waals surface area contributed by atoms with Crippen LogP contribution in [0.25, 0.3) is 0 Å². The van der Waals surface area contributed by atoms with E-state index in [0.717, 1.165) is 17.0 Å². The van der Waals surface area contributed by atoms with Crippen molar-refractivity contribution < 1.29 is 14.0 Å². The second-order valence-electron chi connectivity index (χ2n) is 8.26. The summed E-state index contributed by atoms with van der Waals surface area (Å²) in [7, 11) is 0. The summed E-state index contributed by atoms with van der Waals surface area (Å²) in [6.07, 6.45) is 0.669. The van der Waals surface area contributed by atoms with Crippen LogP contribution in [-0.4, -0.2) is 44.6 Å². The Bertz CT molecular complexity index is 1170. The lowest BCUT2D eigenvalue weighted by molar-refractivity contribution is 0.0782. The molecule has 8 heteroatoms. The van der Waals surface area contributed by atoms with Crippen LogP contribution in [0.15, 0.2) is 48.5 Å². The number of aryl methyl sites for hydroxylation is 1. The number of nitrogens with zero attached hydrogens (tertiary/aromatic N) is 4. The number of carbonyl (C=O) groups is 2. The fraction of sp³-hybridized carbons (Fsp3) is 0.304. The summed E-state index contributed by atoms with van der Waals surface area (Å²) in [5.74, 6) is 0.687. The molecule has 3 aromatic rings. The van der Waals surface area contributed by atoms with Crippen LogP contribution in [0.1, 0.15) is 32.4 Å². The maximum atomic E-state index is 13.4. The van der Waals surface area contributed by atoms with E-state index in [1.165, 1.54) is 18.2 Å². The first kappa shape index (κ1) is 19.4. The quantitative estimate of drug-likeness (QED) is 0.708. The lowest BCUT2D eigenvalue weighted by Crippen LogP contribution is -2.31. The van der Waals surface area contributed by atoms with Crippen LogP contribution in [0, 0.1) is 24.6 Å². The number of rotatable bonds is 3. The number of fused-ring (bicyclic) bond motifs is 2. The van der Waals surface area contributed by atoms with Gasteiger partial charge in [-0.25, -0.2) is 4.39 Å². The number of carbonyl (C=O) groups excluding carboxylic acids is 2. The monoisotopic (exact) mass is 419 g/mol. The third kappa shape index (κ3) is 3.58. The Balaban J connectivity index is 1.32. The molecule has 7 nitrogen and oxygen atoms in total. The zero-order valence-corrected chi connectivity index (χ0v) is 17.1. The van der Waals surface area contributed by atoms with Crippen molar-refractivity contribution in [1.29, 1.82) is 0 Å². The highest BCUT2D eigenvalue weighted by molar-refractivity contribution is 6.01. The predicted molar refractivity (Wildman–Crippen MR) is 112 cm³/mol. The van der Waals surface area contributed by atoms with Gasteiger partial charge in [-0.2, -0.15) is 0 Å². The van der Waals surface area contributed by atoms with Crippen LogP contribution < -0.4 is 5.32 Å². The SMILES string of the molecule is Cc1ccccc1C(=O)N1CC2Cc3nnc(C(=O)Nc4cccc(F)c4)n3CC2C1. The molecule has 3 heterocycles. The first-order chi connectivity index (χ1) is 15.0. The van der Waals surface area contributed by atoms with E-state index in [9.17, 15) is 14.0 Å². The number of benzene rings is 2. The molecule has 2 aliphatic heterocycles. The van der Waals surface area contributed by atoms with E-state index in [-0.39, 0.29) is 17.6 Å². The number of halogens is 1. The van der Waals surface area contributed by atoms with Gasteiger partial charge in [0.15, 0.2) is 0 Å². The molecule has 0 bridgehead atoms. The Morgan fingerprint density at radius 2 is 1.84 bits per heavy atom. The molecular formula is C23H22FN5O2. The van der Waals surface area contributed by atoms with Gasteiger partial charge in [0, 0.05) is 37.3 Å². The molecule has 2 aliphatic rings. The van der Waals surface area contributed by atoms with Crippen LogP contribution in [0.4, 0.5) is 10.1 Å². The first-order valence-corrected chi connectivity index (χ1v) is 10.3. The number of nitrogens with one attached hydrogen (secondary N) is 1. The smallest absolute Gasteiger partial charge is 0.293 e. The fourth-order valence-corrected chi connectivity index (χ4v) is 4.59. The van der Waals surface area contributed by atoms with Crippen molar-refractivity contribution in [1.82, 2.24) is 19.7 Å². The highest BCUT2D eigenvalue weighted by Crippen LogP contribution is 2.33. The Morgan fingerprint density at radius 1 is 1.03 bits per heavy atom. The van der Waals surface area contributed by atoms with E-state index in [1.54, 1.807) is 6.07 Å². The van der Waals surface area contributed by atoms with Gasteiger partial charge >= 0.3 is 0 Å². The number of anilines is 1. The van der Waals surface area contributed by atoms with Crippen LogP contribution in [-0.2, 0) is 13.0 Å². The highest BCUT2D eigenvalue weighted by atomic mass is 19.1. The van der Waals surface area contributed by atoms with Crippen LogP contribution in [0.3, 0.4) is 0 Å². The van der Waals surface area contributed by atoms with Crippen LogP contribution in [0.5, 0.6) is 0 Å². The van der Waals surface area contributed by atoms with E-state index in [4.69, 9.17) is 0 Å². The molecule has 158 valence electrons. The molecule has 0 saturated carbocycles. The Kier molecular flexibility index (Phi) is 4.77. The van der Waals surface area contributed by atoms with Gasteiger partial charge in [-0.05, 0) is 48.6 Å². The van der Waals surface area contributed by atoms with Gasteiger partial charge in [0.2, 0.25) is 5.82 Å². The maximum Gasteiger partial charge on any atom is 0.293 e. The van der Waals surface area contributed by atoms with E-state index >= 15 is 0 Å². The molecule has 31 heavy (non-hydrogen) atoms. The van der Waals surface area contributed by atoms with Crippen molar-refractivity contribution >= 4 is 17.5 Å². The van der Waals surface area contributed by atoms with Crippen molar-refractivity contribution in [2.75, 3.05) is 18.4 Å². The summed E-state index contributed by atoms with van der Waals surface area (Å²) < 4.78 is 15.2. The zero-order chi connectivity index (χ0) is 21.5. The Morgan fingerprint density at radius 3 is 2.65 bits per heavy atom. The van der Waals surface area contributed by atoms with Gasteiger partial charge in [-0.1, -0.05) is 24.3 Å². The minimum Gasteiger partial charge on any atom is -0.338 e.